The lowest BCUT2D eigenvalue weighted by Crippen LogP contribution is -2.47. The molecule has 7 heteroatoms. The Morgan fingerprint density at radius 1 is 1.23 bits per heavy atom. The van der Waals surface area contributed by atoms with Gasteiger partial charge < -0.3 is 15.4 Å². The van der Waals surface area contributed by atoms with Gasteiger partial charge in [-0.2, -0.15) is 0 Å². The molecule has 0 radical (unpaired) electrons. The highest BCUT2D eigenvalue weighted by Gasteiger charge is 2.21. The molecule has 0 aliphatic carbocycles. The third-order valence-corrected chi connectivity index (χ3v) is 4.27. The number of aromatic nitrogens is 2. The first-order chi connectivity index (χ1) is 10.7. The van der Waals surface area contributed by atoms with Gasteiger partial charge in [0, 0.05) is 44.7 Å². The van der Waals surface area contributed by atoms with Gasteiger partial charge >= 0.3 is 0 Å². The van der Waals surface area contributed by atoms with Crippen LogP contribution in [-0.2, 0) is 0 Å². The average molecular weight is 322 g/mol. The van der Waals surface area contributed by atoms with Gasteiger partial charge in [0.2, 0.25) is 0 Å². The molecule has 6 nitrogen and oxygen atoms in total. The Kier molecular flexibility index (Phi) is 4.61. The number of hydrogen-bond donors (Lipinski definition) is 1. The van der Waals surface area contributed by atoms with Crippen molar-refractivity contribution in [1.82, 2.24) is 14.9 Å². The molecule has 1 aliphatic rings. The maximum atomic E-state index is 6.42. The van der Waals surface area contributed by atoms with E-state index in [1.54, 1.807) is 19.5 Å². The van der Waals surface area contributed by atoms with Crippen molar-refractivity contribution in [3.8, 4) is 5.75 Å². The minimum Gasteiger partial charge on any atom is -0.495 e. The van der Waals surface area contributed by atoms with Crippen LogP contribution in [0, 0.1) is 0 Å². The molecule has 2 aromatic heterocycles. The van der Waals surface area contributed by atoms with Gasteiger partial charge in [0.15, 0.2) is 5.65 Å². The molecule has 1 aliphatic heterocycles. The van der Waals surface area contributed by atoms with Crippen LogP contribution in [0.4, 0.5) is 5.69 Å². The number of anilines is 1. The van der Waals surface area contributed by atoms with E-state index in [1.165, 1.54) is 0 Å². The van der Waals surface area contributed by atoms with Crippen molar-refractivity contribution in [2.45, 2.75) is 0 Å². The molecule has 0 unspecified atom stereocenters. The minimum absolute atomic E-state index is 0.648. The molecular weight excluding hydrogens is 302 g/mol. The van der Waals surface area contributed by atoms with Gasteiger partial charge in [0.05, 0.1) is 30.2 Å². The van der Waals surface area contributed by atoms with Crippen molar-refractivity contribution in [3.05, 3.63) is 23.5 Å². The fourth-order valence-electron chi connectivity index (χ4n) is 2.83. The summed E-state index contributed by atoms with van der Waals surface area (Å²) in [6, 6.07) is 1.95. The van der Waals surface area contributed by atoms with Crippen LogP contribution < -0.4 is 15.4 Å². The SMILES string of the molecule is COc1cnc2ncc(Cl)c(N3CCN(CCN)CC3)c2c1. The predicted octanol–water partition coefficient (Wildman–Crippen LogP) is 1.37. The number of ether oxygens (including phenoxy) is 1. The summed E-state index contributed by atoms with van der Waals surface area (Å²) in [5.41, 5.74) is 7.30. The van der Waals surface area contributed by atoms with Crippen molar-refractivity contribution in [2.75, 3.05) is 51.3 Å². The van der Waals surface area contributed by atoms with Crippen molar-refractivity contribution in [3.63, 3.8) is 0 Å². The summed E-state index contributed by atoms with van der Waals surface area (Å²) in [5.74, 6) is 0.708. The second-order valence-electron chi connectivity index (χ2n) is 5.32. The second kappa shape index (κ2) is 6.64. The largest absolute Gasteiger partial charge is 0.495 e. The number of rotatable bonds is 4. The Morgan fingerprint density at radius 2 is 1.95 bits per heavy atom. The highest BCUT2D eigenvalue weighted by molar-refractivity contribution is 6.34. The molecule has 1 saturated heterocycles. The number of pyridine rings is 2. The van der Waals surface area contributed by atoms with E-state index in [4.69, 9.17) is 22.1 Å². The van der Waals surface area contributed by atoms with Crippen LogP contribution in [0.3, 0.4) is 0 Å². The minimum atomic E-state index is 0.648. The van der Waals surface area contributed by atoms with E-state index in [9.17, 15) is 0 Å². The third-order valence-electron chi connectivity index (χ3n) is 3.99. The van der Waals surface area contributed by atoms with Gasteiger partial charge in [-0.05, 0) is 6.07 Å². The first kappa shape index (κ1) is 15.3. The summed E-state index contributed by atoms with van der Waals surface area (Å²) in [6.45, 7) is 5.42. The zero-order valence-corrected chi connectivity index (χ0v) is 13.4. The van der Waals surface area contributed by atoms with E-state index >= 15 is 0 Å². The van der Waals surface area contributed by atoms with Gasteiger partial charge in [0.1, 0.15) is 5.75 Å². The van der Waals surface area contributed by atoms with E-state index in [0.29, 0.717) is 23.0 Å². The molecule has 118 valence electrons. The van der Waals surface area contributed by atoms with Gasteiger partial charge in [-0.3, -0.25) is 4.90 Å². The summed E-state index contributed by atoms with van der Waals surface area (Å²) in [6.07, 6.45) is 3.34. The molecule has 0 amide bonds. The lowest BCUT2D eigenvalue weighted by molar-refractivity contribution is 0.265. The standard InChI is InChI=1S/C15H20ClN5O/c1-22-11-8-12-14(13(16)10-19-15(12)18-9-11)21-6-4-20(3-2-17)5-7-21/h8-10H,2-7,17H2,1H3. The molecule has 0 bridgehead atoms. The number of nitrogens with zero attached hydrogens (tertiary/aromatic N) is 4. The van der Waals surface area contributed by atoms with E-state index in [-0.39, 0.29) is 0 Å². The van der Waals surface area contributed by atoms with Crippen LogP contribution in [-0.4, -0.2) is 61.2 Å². The quantitative estimate of drug-likeness (QED) is 0.917. The fraction of sp³-hybridized carbons (Fsp3) is 0.467. The lowest BCUT2D eigenvalue weighted by atomic mass is 10.2. The summed E-state index contributed by atoms with van der Waals surface area (Å²) >= 11 is 6.42. The Bertz CT molecular complexity index is 658. The van der Waals surface area contributed by atoms with E-state index in [1.807, 2.05) is 6.07 Å². The van der Waals surface area contributed by atoms with Crippen LogP contribution in [0.15, 0.2) is 18.5 Å². The Balaban J connectivity index is 1.94. The number of nitrogens with two attached hydrogens (primary N) is 1. The van der Waals surface area contributed by atoms with Crippen LogP contribution in [0.2, 0.25) is 5.02 Å². The summed E-state index contributed by atoms with van der Waals surface area (Å²) in [4.78, 5) is 13.3. The maximum Gasteiger partial charge on any atom is 0.161 e. The van der Waals surface area contributed by atoms with Crippen LogP contribution in [0.5, 0.6) is 5.75 Å². The normalized spacial score (nSPS) is 16.2. The Morgan fingerprint density at radius 3 is 2.64 bits per heavy atom. The van der Waals surface area contributed by atoms with Gasteiger partial charge in [0.25, 0.3) is 0 Å². The highest BCUT2D eigenvalue weighted by Crippen LogP contribution is 2.34. The van der Waals surface area contributed by atoms with Gasteiger partial charge in [-0.25, -0.2) is 9.97 Å². The van der Waals surface area contributed by atoms with Crippen LogP contribution >= 0.6 is 11.6 Å². The van der Waals surface area contributed by atoms with Crippen molar-refractivity contribution < 1.29 is 4.74 Å². The first-order valence-corrected chi connectivity index (χ1v) is 7.76. The zero-order chi connectivity index (χ0) is 15.5. The Hall–Kier alpha value is -1.63. The van der Waals surface area contributed by atoms with Crippen molar-refractivity contribution >= 4 is 28.3 Å². The molecule has 3 rings (SSSR count). The van der Waals surface area contributed by atoms with Crippen molar-refractivity contribution in [1.29, 1.82) is 0 Å². The number of piperazine rings is 1. The number of halogens is 1. The Labute approximate surface area is 134 Å². The van der Waals surface area contributed by atoms with E-state index in [2.05, 4.69) is 19.8 Å². The molecule has 3 heterocycles. The molecule has 1 fully saturated rings. The fourth-order valence-corrected chi connectivity index (χ4v) is 3.10. The van der Waals surface area contributed by atoms with Gasteiger partial charge in [-0.15, -0.1) is 0 Å². The molecule has 22 heavy (non-hydrogen) atoms. The molecule has 2 N–H and O–H groups in total. The second-order valence-corrected chi connectivity index (χ2v) is 5.73. The first-order valence-electron chi connectivity index (χ1n) is 7.38. The predicted molar refractivity (Wildman–Crippen MR) is 88.8 cm³/mol. The summed E-state index contributed by atoms with van der Waals surface area (Å²) < 4.78 is 5.28. The third kappa shape index (κ3) is 2.95. The number of methoxy groups -OCH3 is 1. The molecule has 2 aromatic rings. The summed E-state index contributed by atoms with van der Waals surface area (Å²) in [5, 5.41) is 1.58. The molecule has 0 atom stereocenters. The topological polar surface area (TPSA) is 67.5 Å². The smallest absolute Gasteiger partial charge is 0.161 e. The molecular formula is C15H20ClN5O. The number of fused-ring (bicyclic) bond motifs is 1. The van der Waals surface area contributed by atoms with Crippen molar-refractivity contribution in [2.24, 2.45) is 5.73 Å². The monoisotopic (exact) mass is 321 g/mol. The molecule has 0 aromatic carbocycles. The maximum absolute atomic E-state index is 6.42. The summed E-state index contributed by atoms with van der Waals surface area (Å²) in [7, 11) is 1.63. The van der Waals surface area contributed by atoms with Gasteiger partial charge in [-0.1, -0.05) is 11.6 Å². The zero-order valence-electron chi connectivity index (χ0n) is 12.6. The highest BCUT2D eigenvalue weighted by atomic mass is 35.5. The molecule has 0 saturated carbocycles. The van der Waals surface area contributed by atoms with E-state index < -0.39 is 0 Å². The number of hydrogen-bond acceptors (Lipinski definition) is 6. The average Bonchev–Trinajstić information content (AvgIpc) is 2.55. The molecule has 0 spiro atoms. The van der Waals surface area contributed by atoms with E-state index in [0.717, 1.165) is 43.8 Å². The van der Waals surface area contributed by atoms with Crippen LogP contribution in [0.1, 0.15) is 0 Å². The lowest BCUT2D eigenvalue weighted by Gasteiger charge is -2.36. The van der Waals surface area contributed by atoms with Crippen LogP contribution in [0.25, 0.3) is 11.0 Å².